The maximum Gasteiger partial charge on any atom is 0.146 e. The second-order valence-electron chi connectivity index (χ2n) is 4.70. The molecule has 0 bridgehead atoms. The predicted octanol–water partition coefficient (Wildman–Crippen LogP) is 4.72. The van der Waals surface area contributed by atoms with Crippen LogP contribution in [0.25, 0.3) is 0 Å². The number of halogens is 3. The molecule has 2 aromatic rings. The maximum atomic E-state index is 13.7. The van der Waals surface area contributed by atoms with Gasteiger partial charge in [-0.05, 0) is 54.3 Å². The van der Waals surface area contributed by atoms with Crippen LogP contribution in [0.4, 0.5) is 14.5 Å². The smallest absolute Gasteiger partial charge is 0.146 e. The molecule has 1 aliphatic rings. The number of anilines is 1. The van der Waals surface area contributed by atoms with Gasteiger partial charge >= 0.3 is 0 Å². The van der Waals surface area contributed by atoms with Crippen molar-refractivity contribution in [1.29, 1.82) is 0 Å². The summed E-state index contributed by atoms with van der Waals surface area (Å²) in [6.45, 7) is 0. The van der Waals surface area contributed by atoms with Crippen molar-refractivity contribution in [2.24, 2.45) is 0 Å². The lowest BCUT2D eigenvalue weighted by Gasteiger charge is -2.16. The van der Waals surface area contributed by atoms with Gasteiger partial charge < -0.3 is 5.32 Å². The molecule has 2 aromatic carbocycles. The molecule has 19 heavy (non-hydrogen) atoms. The second-order valence-corrected chi connectivity index (χ2v) is 5.14. The fourth-order valence-electron chi connectivity index (χ4n) is 2.53. The molecule has 0 amide bonds. The molecule has 4 heteroatoms. The quantitative estimate of drug-likeness (QED) is 0.839. The molecular formula is C15H12ClF2N. The van der Waals surface area contributed by atoms with Gasteiger partial charge in [0.1, 0.15) is 11.6 Å². The second kappa shape index (κ2) is 4.82. The van der Waals surface area contributed by atoms with Crippen molar-refractivity contribution in [1.82, 2.24) is 0 Å². The predicted molar refractivity (Wildman–Crippen MR) is 72.5 cm³/mol. The van der Waals surface area contributed by atoms with Crippen molar-refractivity contribution in [3.8, 4) is 0 Å². The van der Waals surface area contributed by atoms with Crippen LogP contribution < -0.4 is 5.32 Å². The lowest BCUT2D eigenvalue weighted by Crippen LogP contribution is -2.08. The van der Waals surface area contributed by atoms with Gasteiger partial charge in [0, 0.05) is 5.02 Å². The minimum absolute atomic E-state index is 0.00330. The molecule has 0 aromatic heterocycles. The van der Waals surface area contributed by atoms with Crippen LogP contribution in [0.1, 0.15) is 23.6 Å². The summed E-state index contributed by atoms with van der Waals surface area (Å²) in [7, 11) is 0. The molecule has 0 saturated carbocycles. The molecule has 1 nitrogen and oxygen atoms in total. The van der Waals surface area contributed by atoms with E-state index in [1.54, 1.807) is 18.2 Å². The monoisotopic (exact) mass is 279 g/mol. The Kier molecular flexibility index (Phi) is 3.15. The van der Waals surface area contributed by atoms with Gasteiger partial charge in [0.05, 0.1) is 11.7 Å². The van der Waals surface area contributed by atoms with Gasteiger partial charge in [0.15, 0.2) is 0 Å². The largest absolute Gasteiger partial charge is 0.376 e. The van der Waals surface area contributed by atoms with E-state index in [0.717, 1.165) is 24.0 Å². The van der Waals surface area contributed by atoms with Crippen molar-refractivity contribution < 1.29 is 8.78 Å². The van der Waals surface area contributed by atoms with E-state index in [4.69, 9.17) is 11.6 Å². The summed E-state index contributed by atoms with van der Waals surface area (Å²) in [5.41, 5.74) is 2.40. The first-order valence-electron chi connectivity index (χ1n) is 6.13. The maximum absolute atomic E-state index is 13.7. The van der Waals surface area contributed by atoms with Crippen molar-refractivity contribution in [2.75, 3.05) is 5.32 Å². The molecule has 1 N–H and O–H groups in total. The Morgan fingerprint density at radius 2 is 1.95 bits per heavy atom. The van der Waals surface area contributed by atoms with E-state index in [2.05, 4.69) is 5.32 Å². The minimum Gasteiger partial charge on any atom is -0.376 e. The van der Waals surface area contributed by atoms with Crippen LogP contribution in [0, 0.1) is 11.6 Å². The van der Waals surface area contributed by atoms with Gasteiger partial charge in [-0.3, -0.25) is 0 Å². The SMILES string of the molecule is Fc1ccc2c(c1)CCC2Nc1cc(Cl)ccc1F. The first-order chi connectivity index (χ1) is 9.13. The lowest BCUT2D eigenvalue weighted by atomic mass is 10.1. The topological polar surface area (TPSA) is 12.0 Å². The average molecular weight is 280 g/mol. The molecule has 98 valence electrons. The Morgan fingerprint density at radius 3 is 2.79 bits per heavy atom. The summed E-state index contributed by atoms with van der Waals surface area (Å²) in [5, 5.41) is 3.63. The zero-order valence-electron chi connectivity index (χ0n) is 10.1. The average Bonchev–Trinajstić information content (AvgIpc) is 2.76. The van der Waals surface area contributed by atoms with Gasteiger partial charge in [-0.25, -0.2) is 8.78 Å². The summed E-state index contributed by atoms with van der Waals surface area (Å²) in [5.74, 6) is -0.562. The Morgan fingerprint density at radius 1 is 1.11 bits per heavy atom. The van der Waals surface area contributed by atoms with Crippen LogP contribution in [0.15, 0.2) is 36.4 Å². The zero-order valence-corrected chi connectivity index (χ0v) is 10.8. The minimum atomic E-state index is -0.333. The number of fused-ring (bicyclic) bond motifs is 1. The summed E-state index contributed by atoms with van der Waals surface area (Å²) in [6, 6.07) is 9.17. The molecule has 0 spiro atoms. The highest BCUT2D eigenvalue weighted by atomic mass is 35.5. The molecule has 0 heterocycles. The van der Waals surface area contributed by atoms with Crippen molar-refractivity contribution in [3.05, 3.63) is 64.2 Å². The number of rotatable bonds is 2. The molecule has 0 saturated heterocycles. The van der Waals surface area contributed by atoms with E-state index in [0.29, 0.717) is 10.7 Å². The summed E-state index contributed by atoms with van der Waals surface area (Å²) >= 11 is 5.87. The highest BCUT2D eigenvalue weighted by Gasteiger charge is 2.23. The van der Waals surface area contributed by atoms with E-state index in [9.17, 15) is 8.78 Å². The summed E-state index contributed by atoms with van der Waals surface area (Å²) in [4.78, 5) is 0. The van der Waals surface area contributed by atoms with Gasteiger partial charge in [0.2, 0.25) is 0 Å². The number of benzene rings is 2. The fraction of sp³-hybridized carbons (Fsp3) is 0.200. The van der Waals surface area contributed by atoms with Crippen LogP contribution in [0.2, 0.25) is 5.02 Å². The van der Waals surface area contributed by atoms with Crippen LogP contribution in [-0.2, 0) is 6.42 Å². The Labute approximate surface area is 115 Å². The van der Waals surface area contributed by atoms with Crippen LogP contribution in [0.3, 0.4) is 0 Å². The van der Waals surface area contributed by atoms with E-state index in [-0.39, 0.29) is 17.7 Å². The lowest BCUT2D eigenvalue weighted by molar-refractivity contribution is 0.624. The van der Waals surface area contributed by atoms with E-state index in [1.165, 1.54) is 18.2 Å². The third kappa shape index (κ3) is 2.43. The molecule has 0 fully saturated rings. The number of nitrogens with one attached hydrogen (secondary N) is 1. The van der Waals surface area contributed by atoms with Gasteiger partial charge in [0.25, 0.3) is 0 Å². The fourth-order valence-corrected chi connectivity index (χ4v) is 2.70. The van der Waals surface area contributed by atoms with Crippen molar-refractivity contribution >= 4 is 17.3 Å². The van der Waals surface area contributed by atoms with Crippen molar-refractivity contribution in [2.45, 2.75) is 18.9 Å². The summed E-state index contributed by atoms with van der Waals surface area (Å²) < 4.78 is 26.8. The highest BCUT2D eigenvalue weighted by Crippen LogP contribution is 2.35. The van der Waals surface area contributed by atoms with Gasteiger partial charge in [-0.2, -0.15) is 0 Å². The number of aryl methyl sites for hydroxylation is 1. The van der Waals surface area contributed by atoms with Crippen LogP contribution >= 0.6 is 11.6 Å². The van der Waals surface area contributed by atoms with Crippen LogP contribution in [0.5, 0.6) is 0 Å². The van der Waals surface area contributed by atoms with E-state index >= 15 is 0 Å². The van der Waals surface area contributed by atoms with E-state index < -0.39 is 0 Å². The normalized spacial score (nSPS) is 17.3. The first kappa shape index (κ1) is 12.4. The zero-order chi connectivity index (χ0) is 13.4. The molecule has 0 aliphatic heterocycles. The standard InChI is InChI=1S/C15H12ClF2N/c16-10-2-5-13(18)15(8-10)19-14-6-1-9-7-11(17)3-4-12(9)14/h2-5,7-8,14,19H,1,6H2. The van der Waals surface area contributed by atoms with Gasteiger partial charge in [-0.15, -0.1) is 0 Å². The third-order valence-corrected chi connectivity index (χ3v) is 3.68. The molecular weight excluding hydrogens is 268 g/mol. The Hall–Kier alpha value is -1.61. The highest BCUT2D eigenvalue weighted by molar-refractivity contribution is 6.30. The third-order valence-electron chi connectivity index (χ3n) is 3.44. The summed E-state index contributed by atoms with van der Waals surface area (Å²) in [6.07, 6.45) is 1.62. The van der Waals surface area contributed by atoms with Gasteiger partial charge in [-0.1, -0.05) is 17.7 Å². The van der Waals surface area contributed by atoms with Crippen molar-refractivity contribution in [3.63, 3.8) is 0 Å². The Bertz CT molecular complexity index is 628. The number of hydrogen-bond donors (Lipinski definition) is 1. The molecule has 0 radical (unpaired) electrons. The number of hydrogen-bond acceptors (Lipinski definition) is 1. The van der Waals surface area contributed by atoms with Crippen LogP contribution in [-0.4, -0.2) is 0 Å². The first-order valence-corrected chi connectivity index (χ1v) is 6.51. The molecule has 3 rings (SSSR count). The molecule has 1 atom stereocenters. The van der Waals surface area contributed by atoms with E-state index in [1.807, 2.05) is 0 Å². The molecule has 1 aliphatic carbocycles. The Balaban J connectivity index is 1.88. The molecule has 1 unspecified atom stereocenters.